The van der Waals surface area contributed by atoms with Crippen LogP contribution < -0.4 is 9.64 Å². The van der Waals surface area contributed by atoms with E-state index in [1.165, 1.54) is 5.56 Å². The zero-order valence-electron chi connectivity index (χ0n) is 14.2. The normalized spacial score (nSPS) is 10.3. The number of methoxy groups -OCH3 is 1. The van der Waals surface area contributed by atoms with Gasteiger partial charge >= 0.3 is 0 Å². The van der Waals surface area contributed by atoms with Crippen LogP contribution in [0.4, 0.5) is 10.8 Å². The largest absolute Gasteiger partial charge is 0.497 e. The summed E-state index contributed by atoms with van der Waals surface area (Å²) in [7, 11) is 1.69. The van der Waals surface area contributed by atoms with Gasteiger partial charge in [-0.1, -0.05) is 41.7 Å². The number of ether oxygens (including phenoxy) is 1. The van der Waals surface area contributed by atoms with Crippen molar-refractivity contribution in [3.63, 3.8) is 0 Å². The molecular formula is C20H18ClN3OS. The van der Waals surface area contributed by atoms with Gasteiger partial charge in [0.05, 0.1) is 24.6 Å². The highest BCUT2D eigenvalue weighted by atomic mass is 35.5. The summed E-state index contributed by atoms with van der Waals surface area (Å²) < 4.78 is 6.49. The van der Waals surface area contributed by atoms with Crippen LogP contribution in [0.2, 0.25) is 0 Å². The molecule has 4 rings (SSSR count). The van der Waals surface area contributed by atoms with Crippen molar-refractivity contribution >= 4 is 44.8 Å². The van der Waals surface area contributed by atoms with Gasteiger partial charge in [0.2, 0.25) is 0 Å². The molecule has 0 saturated heterocycles. The molecule has 0 amide bonds. The lowest BCUT2D eigenvalue weighted by atomic mass is 10.2. The Morgan fingerprint density at radius 3 is 2.65 bits per heavy atom. The molecule has 6 heteroatoms. The molecule has 4 nitrogen and oxygen atoms in total. The van der Waals surface area contributed by atoms with E-state index in [1.54, 1.807) is 24.6 Å². The van der Waals surface area contributed by atoms with Crippen LogP contribution >= 0.6 is 23.7 Å². The van der Waals surface area contributed by atoms with Crippen molar-refractivity contribution in [2.24, 2.45) is 0 Å². The third-order valence-electron chi connectivity index (χ3n) is 3.95. The minimum absolute atomic E-state index is 0. The number of pyridine rings is 1. The Labute approximate surface area is 162 Å². The maximum atomic E-state index is 5.36. The van der Waals surface area contributed by atoms with E-state index in [-0.39, 0.29) is 12.4 Å². The second kappa shape index (κ2) is 8.17. The summed E-state index contributed by atoms with van der Waals surface area (Å²) in [5.41, 5.74) is 3.20. The van der Waals surface area contributed by atoms with Crippen LogP contribution in [0.15, 0.2) is 73.1 Å². The molecule has 0 bridgehead atoms. The topological polar surface area (TPSA) is 38.2 Å². The first kappa shape index (κ1) is 18.2. The van der Waals surface area contributed by atoms with Gasteiger partial charge in [0.25, 0.3) is 0 Å². The Kier molecular flexibility index (Phi) is 5.71. The quantitative estimate of drug-likeness (QED) is 0.458. The summed E-state index contributed by atoms with van der Waals surface area (Å²) in [6.07, 6.45) is 3.61. The number of aromatic nitrogens is 2. The van der Waals surface area contributed by atoms with Gasteiger partial charge in [-0.3, -0.25) is 4.98 Å². The predicted molar refractivity (Wildman–Crippen MR) is 110 cm³/mol. The van der Waals surface area contributed by atoms with E-state index in [9.17, 15) is 0 Å². The molecule has 2 aromatic carbocycles. The summed E-state index contributed by atoms with van der Waals surface area (Å²) in [5, 5.41) is 0.956. The maximum absolute atomic E-state index is 5.36. The number of para-hydroxylation sites is 1. The van der Waals surface area contributed by atoms with Gasteiger partial charge in [-0.15, -0.1) is 12.4 Å². The first-order valence-electron chi connectivity index (χ1n) is 7.99. The first-order valence-corrected chi connectivity index (χ1v) is 8.81. The number of thiazole rings is 1. The summed E-state index contributed by atoms with van der Waals surface area (Å²) >= 11 is 1.67. The SMILES string of the molecule is COc1cccc(CN(c2ccccc2)c2nc3cnccc3s2)c1.Cl. The Bertz CT molecular complexity index is 957. The fourth-order valence-corrected chi connectivity index (χ4v) is 3.67. The van der Waals surface area contributed by atoms with E-state index in [0.717, 1.165) is 26.8 Å². The first-order chi connectivity index (χ1) is 12.3. The minimum Gasteiger partial charge on any atom is -0.497 e. The van der Waals surface area contributed by atoms with Crippen molar-refractivity contribution in [3.8, 4) is 5.75 Å². The van der Waals surface area contributed by atoms with Gasteiger partial charge in [0, 0.05) is 11.9 Å². The highest BCUT2D eigenvalue weighted by Crippen LogP contribution is 2.34. The van der Waals surface area contributed by atoms with Crippen LogP contribution in [0.3, 0.4) is 0 Å². The molecule has 0 spiro atoms. The number of anilines is 2. The minimum atomic E-state index is 0. The molecule has 0 fully saturated rings. The van der Waals surface area contributed by atoms with E-state index >= 15 is 0 Å². The highest BCUT2D eigenvalue weighted by molar-refractivity contribution is 7.22. The fourth-order valence-electron chi connectivity index (χ4n) is 2.71. The third kappa shape index (κ3) is 3.79. The van der Waals surface area contributed by atoms with Gasteiger partial charge < -0.3 is 9.64 Å². The number of hydrogen-bond donors (Lipinski definition) is 0. The van der Waals surface area contributed by atoms with Crippen LogP contribution in [0.5, 0.6) is 5.75 Å². The van der Waals surface area contributed by atoms with E-state index in [1.807, 2.05) is 42.6 Å². The van der Waals surface area contributed by atoms with E-state index in [0.29, 0.717) is 6.54 Å². The number of halogens is 1. The van der Waals surface area contributed by atoms with Crippen LogP contribution in [-0.2, 0) is 6.54 Å². The molecule has 0 aliphatic rings. The molecule has 0 unspecified atom stereocenters. The van der Waals surface area contributed by atoms with Gasteiger partial charge in [-0.25, -0.2) is 4.98 Å². The van der Waals surface area contributed by atoms with E-state index in [4.69, 9.17) is 9.72 Å². The molecule has 0 saturated carbocycles. The van der Waals surface area contributed by atoms with Crippen molar-refractivity contribution in [3.05, 3.63) is 78.6 Å². The maximum Gasteiger partial charge on any atom is 0.191 e. The lowest BCUT2D eigenvalue weighted by molar-refractivity contribution is 0.414. The molecule has 2 heterocycles. The molecule has 0 aliphatic heterocycles. The van der Waals surface area contributed by atoms with Crippen molar-refractivity contribution in [1.82, 2.24) is 9.97 Å². The Hall–Kier alpha value is -2.63. The Morgan fingerprint density at radius 1 is 1.04 bits per heavy atom. The Balaban J connectivity index is 0.00000196. The number of fused-ring (bicyclic) bond motifs is 1. The smallest absolute Gasteiger partial charge is 0.191 e. The lowest BCUT2D eigenvalue weighted by Crippen LogP contribution is -2.16. The second-order valence-corrected chi connectivity index (χ2v) is 6.62. The summed E-state index contributed by atoms with van der Waals surface area (Å²) in [5.74, 6) is 0.860. The monoisotopic (exact) mass is 383 g/mol. The summed E-state index contributed by atoms with van der Waals surface area (Å²) in [6, 6.07) is 20.5. The third-order valence-corrected chi connectivity index (χ3v) is 5.01. The molecule has 4 aromatic rings. The predicted octanol–water partition coefficient (Wildman–Crippen LogP) is 5.46. The van der Waals surface area contributed by atoms with Crippen LogP contribution in [0.25, 0.3) is 10.2 Å². The molecule has 0 aliphatic carbocycles. The van der Waals surface area contributed by atoms with Crippen LogP contribution in [-0.4, -0.2) is 17.1 Å². The average molecular weight is 384 g/mol. The second-order valence-electron chi connectivity index (χ2n) is 5.61. The zero-order valence-corrected chi connectivity index (χ0v) is 15.8. The van der Waals surface area contributed by atoms with Crippen LogP contribution in [0, 0.1) is 0 Å². The fraction of sp³-hybridized carbons (Fsp3) is 0.100. The van der Waals surface area contributed by atoms with Crippen molar-refractivity contribution < 1.29 is 4.74 Å². The number of hydrogen-bond acceptors (Lipinski definition) is 5. The van der Waals surface area contributed by atoms with Crippen molar-refractivity contribution in [1.29, 1.82) is 0 Å². The molecule has 0 radical (unpaired) electrons. The summed E-state index contributed by atoms with van der Waals surface area (Å²) in [6.45, 7) is 0.717. The van der Waals surface area contributed by atoms with Gasteiger partial charge in [-0.2, -0.15) is 0 Å². The zero-order chi connectivity index (χ0) is 17.1. The number of benzene rings is 2. The molecular weight excluding hydrogens is 366 g/mol. The Morgan fingerprint density at radius 2 is 1.88 bits per heavy atom. The van der Waals surface area contributed by atoms with E-state index < -0.39 is 0 Å². The molecule has 26 heavy (non-hydrogen) atoms. The molecule has 132 valence electrons. The van der Waals surface area contributed by atoms with Crippen LogP contribution in [0.1, 0.15) is 5.56 Å². The van der Waals surface area contributed by atoms with Gasteiger partial charge in [0.1, 0.15) is 11.3 Å². The molecule has 0 atom stereocenters. The van der Waals surface area contributed by atoms with Gasteiger partial charge in [0.15, 0.2) is 5.13 Å². The van der Waals surface area contributed by atoms with Gasteiger partial charge in [-0.05, 0) is 35.9 Å². The average Bonchev–Trinajstić information content (AvgIpc) is 3.11. The highest BCUT2D eigenvalue weighted by Gasteiger charge is 2.15. The standard InChI is InChI=1S/C20H17N3OS.ClH/c1-24-17-9-5-6-15(12-17)14-23(16-7-3-2-4-8-16)20-22-18-13-21-11-10-19(18)25-20;/h2-13H,14H2,1H3;1H. The summed E-state index contributed by atoms with van der Waals surface area (Å²) in [4.78, 5) is 11.2. The molecule has 2 aromatic heterocycles. The van der Waals surface area contributed by atoms with Crippen molar-refractivity contribution in [2.45, 2.75) is 6.54 Å². The lowest BCUT2D eigenvalue weighted by Gasteiger charge is -2.22. The van der Waals surface area contributed by atoms with E-state index in [2.05, 4.69) is 34.1 Å². The number of rotatable bonds is 5. The van der Waals surface area contributed by atoms with Crippen molar-refractivity contribution in [2.75, 3.05) is 12.0 Å². The number of nitrogens with zero attached hydrogens (tertiary/aromatic N) is 3. The molecule has 0 N–H and O–H groups in total.